The van der Waals surface area contributed by atoms with Crippen LogP contribution in [-0.2, 0) is 17.1 Å². The van der Waals surface area contributed by atoms with E-state index in [-0.39, 0.29) is 29.6 Å². The smallest absolute Gasteiger partial charge is 0.370 e. The first-order chi connectivity index (χ1) is 18.9. The molecule has 2 aliphatic rings. The van der Waals surface area contributed by atoms with Gasteiger partial charge in [0, 0.05) is 31.1 Å². The van der Waals surface area contributed by atoms with Crippen molar-refractivity contribution in [2.75, 3.05) is 13.1 Å². The highest BCUT2D eigenvalue weighted by Crippen LogP contribution is 2.41. The molecule has 1 unspecified atom stereocenters. The van der Waals surface area contributed by atoms with Crippen LogP contribution in [-0.4, -0.2) is 44.9 Å². The molecule has 0 spiro atoms. The molecule has 2 aromatic carbocycles. The van der Waals surface area contributed by atoms with Gasteiger partial charge in [-0.1, -0.05) is 12.1 Å². The van der Waals surface area contributed by atoms with E-state index in [1.54, 1.807) is 24.8 Å². The second kappa shape index (κ2) is 11.1. The summed E-state index contributed by atoms with van der Waals surface area (Å²) in [5.41, 5.74) is -2.14. The van der Waals surface area contributed by atoms with Crippen LogP contribution in [0.4, 0.5) is 30.7 Å². The summed E-state index contributed by atoms with van der Waals surface area (Å²) in [6.45, 7) is 2.69. The van der Waals surface area contributed by atoms with E-state index < -0.39 is 41.5 Å². The number of alkyl halides is 6. The lowest BCUT2D eigenvalue weighted by atomic mass is 9.86. The minimum absolute atomic E-state index is 0.116. The standard InChI is InChI=1S/C28H29F7N4O/c1-17(19-10-20(27(30,31)32)12-21(11-19)28(33,34)35)40-26-8-9-38(14-25(26)18-2-4-22(29)5-3-18)23-6-7-24(13-23)39-15-36-37-16-39/h2-5,10-12,15-17,23-26H,6-9,13-14H2,1H3/t17-,23?,24-,25-,26+/m1/s1. The van der Waals surface area contributed by atoms with Crippen molar-refractivity contribution in [2.24, 2.45) is 0 Å². The van der Waals surface area contributed by atoms with Crippen LogP contribution in [0.3, 0.4) is 0 Å². The first-order valence-electron chi connectivity index (χ1n) is 13.2. The number of piperidine rings is 1. The van der Waals surface area contributed by atoms with Crippen LogP contribution < -0.4 is 0 Å². The first-order valence-corrected chi connectivity index (χ1v) is 13.2. The van der Waals surface area contributed by atoms with E-state index in [1.165, 1.54) is 19.1 Å². The molecule has 1 saturated heterocycles. The topological polar surface area (TPSA) is 43.2 Å². The molecular formula is C28H29F7N4O. The van der Waals surface area contributed by atoms with Gasteiger partial charge < -0.3 is 9.30 Å². The molecule has 2 heterocycles. The van der Waals surface area contributed by atoms with Crippen LogP contribution in [0.15, 0.2) is 55.1 Å². The lowest BCUT2D eigenvalue weighted by molar-refractivity contribution is -0.143. The van der Waals surface area contributed by atoms with Gasteiger partial charge in [-0.2, -0.15) is 26.3 Å². The molecule has 1 saturated carbocycles. The van der Waals surface area contributed by atoms with Gasteiger partial charge in [0.05, 0.1) is 23.3 Å². The monoisotopic (exact) mass is 570 g/mol. The van der Waals surface area contributed by atoms with Gasteiger partial charge in [0.25, 0.3) is 0 Å². The maximum absolute atomic E-state index is 13.7. The number of nitrogens with zero attached hydrogens (tertiary/aromatic N) is 4. The third-order valence-corrected chi connectivity index (χ3v) is 8.09. The van der Waals surface area contributed by atoms with Gasteiger partial charge in [-0.25, -0.2) is 4.39 Å². The highest BCUT2D eigenvalue weighted by Gasteiger charge is 2.40. The van der Waals surface area contributed by atoms with E-state index in [1.807, 2.05) is 4.57 Å². The molecule has 0 amide bonds. The summed E-state index contributed by atoms with van der Waals surface area (Å²) in [5.74, 6) is -0.655. The molecule has 5 atom stereocenters. The minimum Gasteiger partial charge on any atom is -0.370 e. The molecule has 5 rings (SSSR count). The van der Waals surface area contributed by atoms with Crippen molar-refractivity contribution in [3.8, 4) is 0 Å². The Morgan fingerprint density at radius 3 is 2.05 bits per heavy atom. The molecular weight excluding hydrogens is 541 g/mol. The Morgan fingerprint density at radius 1 is 0.850 bits per heavy atom. The average Bonchev–Trinajstić information content (AvgIpc) is 3.61. The van der Waals surface area contributed by atoms with E-state index in [2.05, 4.69) is 15.1 Å². The van der Waals surface area contributed by atoms with Crippen LogP contribution in [0.5, 0.6) is 0 Å². The largest absolute Gasteiger partial charge is 0.416 e. The molecule has 40 heavy (non-hydrogen) atoms. The second-order valence-electron chi connectivity index (χ2n) is 10.6. The Morgan fingerprint density at radius 2 is 1.45 bits per heavy atom. The summed E-state index contributed by atoms with van der Waals surface area (Å²) in [4.78, 5) is 2.36. The van der Waals surface area contributed by atoms with Crippen molar-refractivity contribution in [3.63, 3.8) is 0 Å². The molecule has 216 valence electrons. The molecule has 1 aromatic heterocycles. The molecule has 1 aliphatic heterocycles. The average molecular weight is 571 g/mol. The third kappa shape index (κ3) is 6.33. The third-order valence-electron chi connectivity index (χ3n) is 8.09. The second-order valence-corrected chi connectivity index (χ2v) is 10.6. The summed E-state index contributed by atoms with van der Waals surface area (Å²) < 4.78 is 103. The van der Waals surface area contributed by atoms with E-state index in [9.17, 15) is 30.7 Å². The highest BCUT2D eigenvalue weighted by molar-refractivity contribution is 5.35. The number of ether oxygens (including phenoxy) is 1. The summed E-state index contributed by atoms with van der Waals surface area (Å²) in [5, 5.41) is 7.78. The van der Waals surface area contributed by atoms with Crippen LogP contribution in [0.1, 0.15) is 72.9 Å². The number of rotatable bonds is 6. The van der Waals surface area contributed by atoms with Crippen LogP contribution in [0.2, 0.25) is 0 Å². The zero-order valence-corrected chi connectivity index (χ0v) is 21.7. The Bertz CT molecular complexity index is 1250. The van der Waals surface area contributed by atoms with Crippen molar-refractivity contribution in [2.45, 2.75) is 75.2 Å². The molecule has 1 aliphatic carbocycles. The molecule has 0 N–H and O–H groups in total. The van der Waals surface area contributed by atoms with Crippen molar-refractivity contribution in [1.29, 1.82) is 0 Å². The van der Waals surface area contributed by atoms with Crippen LogP contribution in [0, 0.1) is 5.82 Å². The number of hydrogen-bond acceptors (Lipinski definition) is 4. The lowest BCUT2D eigenvalue weighted by Crippen LogP contribution is -2.47. The Hall–Kier alpha value is -2.99. The number of halogens is 7. The Labute approximate surface area is 227 Å². The van der Waals surface area contributed by atoms with Gasteiger partial charge in [-0.15, -0.1) is 10.2 Å². The SMILES string of the molecule is C[C@@H](O[C@H]1CCN(C2CC[C@@H](n3cnnc3)C2)C[C@@H]1c1ccc(F)cc1)c1cc(C(F)(F)F)cc(C(F)(F)F)c1. The zero-order chi connectivity index (χ0) is 28.7. The van der Waals surface area contributed by atoms with Gasteiger partial charge in [-0.05, 0) is 74.1 Å². The summed E-state index contributed by atoms with van der Waals surface area (Å²) in [7, 11) is 0. The predicted molar refractivity (Wildman–Crippen MR) is 132 cm³/mol. The minimum atomic E-state index is -4.94. The number of likely N-dealkylation sites (tertiary alicyclic amines) is 1. The van der Waals surface area contributed by atoms with Crippen molar-refractivity contribution < 1.29 is 35.5 Å². The van der Waals surface area contributed by atoms with E-state index >= 15 is 0 Å². The Balaban J connectivity index is 1.37. The molecule has 0 radical (unpaired) electrons. The fraction of sp³-hybridized carbons (Fsp3) is 0.500. The highest BCUT2D eigenvalue weighted by atomic mass is 19.4. The summed E-state index contributed by atoms with van der Waals surface area (Å²) in [6, 6.07) is 8.11. The quantitative estimate of drug-likeness (QED) is 0.295. The fourth-order valence-corrected chi connectivity index (χ4v) is 5.97. The van der Waals surface area contributed by atoms with E-state index in [0.717, 1.165) is 24.8 Å². The molecule has 0 bridgehead atoms. The van der Waals surface area contributed by atoms with Gasteiger partial charge in [-0.3, -0.25) is 4.90 Å². The molecule has 12 heteroatoms. The number of benzene rings is 2. The van der Waals surface area contributed by atoms with Crippen LogP contribution in [0.25, 0.3) is 0 Å². The fourth-order valence-electron chi connectivity index (χ4n) is 5.97. The maximum Gasteiger partial charge on any atom is 0.416 e. The van der Waals surface area contributed by atoms with E-state index in [4.69, 9.17) is 4.74 Å². The molecule has 5 nitrogen and oxygen atoms in total. The Kier molecular flexibility index (Phi) is 7.93. The van der Waals surface area contributed by atoms with E-state index in [0.29, 0.717) is 31.6 Å². The molecule has 2 fully saturated rings. The van der Waals surface area contributed by atoms with Gasteiger partial charge >= 0.3 is 12.4 Å². The summed E-state index contributed by atoms with van der Waals surface area (Å²) >= 11 is 0. The van der Waals surface area contributed by atoms with Crippen LogP contribution >= 0.6 is 0 Å². The normalized spacial score (nSPS) is 25.3. The zero-order valence-electron chi connectivity index (χ0n) is 21.7. The van der Waals surface area contributed by atoms with Crippen molar-refractivity contribution >= 4 is 0 Å². The lowest BCUT2D eigenvalue weighted by Gasteiger charge is -2.42. The van der Waals surface area contributed by atoms with Crippen molar-refractivity contribution in [1.82, 2.24) is 19.7 Å². The van der Waals surface area contributed by atoms with Gasteiger partial charge in [0.15, 0.2) is 0 Å². The summed E-state index contributed by atoms with van der Waals surface area (Å²) in [6.07, 6.45) is -4.65. The number of hydrogen-bond donors (Lipinski definition) is 0. The maximum atomic E-state index is 13.7. The van der Waals surface area contributed by atoms with Crippen molar-refractivity contribution in [3.05, 3.63) is 83.2 Å². The first kappa shape index (κ1) is 28.5. The number of aromatic nitrogens is 3. The van der Waals surface area contributed by atoms with Gasteiger partial charge in [0.1, 0.15) is 18.5 Å². The predicted octanol–water partition coefficient (Wildman–Crippen LogP) is 7.18. The molecule has 3 aromatic rings. The van der Waals surface area contributed by atoms with Gasteiger partial charge in [0.2, 0.25) is 0 Å².